The number of hydrogen-bond acceptors (Lipinski definition) is 5. The zero-order chi connectivity index (χ0) is 25.9. The second-order valence-electron chi connectivity index (χ2n) is 9.59. The number of para-hydroxylation sites is 1. The molecule has 2 aromatic heterocycles. The Morgan fingerprint density at radius 2 is 1.95 bits per heavy atom. The Balaban J connectivity index is 1.26. The molecule has 37 heavy (non-hydrogen) atoms. The van der Waals surface area contributed by atoms with E-state index in [0.29, 0.717) is 23.8 Å². The predicted molar refractivity (Wildman–Crippen MR) is 144 cm³/mol. The fourth-order valence-corrected chi connectivity index (χ4v) is 4.89. The topological polar surface area (TPSA) is 95.5 Å². The molecule has 9 nitrogen and oxygen atoms in total. The summed E-state index contributed by atoms with van der Waals surface area (Å²) in [4.78, 5) is 30.0. The minimum Gasteiger partial charge on any atom is -0.484 e. The first-order valence-corrected chi connectivity index (χ1v) is 12.5. The fourth-order valence-electron chi connectivity index (χ4n) is 4.89. The van der Waals surface area contributed by atoms with Gasteiger partial charge < -0.3 is 24.4 Å². The molecule has 4 aromatic rings. The van der Waals surface area contributed by atoms with Crippen molar-refractivity contribution < 1.29 is 14.3 Å². The third kappa shape index (κ3) is 5.16. The van der Waals surface area contributed by atoms with Gasteiger partial charge in [-0.1, -0.05) is 24.3 Å². The van der Waals surface area contributed by atoms with Crippen molar-refractivity contribution in [3.8, 4) is 5.75 Å². The lowest BCUT2D eigenvalue weighted by Crippen LogP contribution is -2.39. The first-order valence-electron chi connectivity index (χ1n) is 12.5. The SMILES string of the molecule is CN(C)c1cccc(OCC(=O)Nc2cc(C3CCCCN3C(=O)c3cc4ccccc4n3C)[nH]n2)c1. The maximum Gasteiger partial charge on any atom is 0.271 e. The van der Waals surface area contributed by atoms with Crippen LogP contribution in [-0.4, -0.2) is 58.7 Å². The van der Waals surface area contributed by atoms with Crippen molar-refractivity contribution >= 4 is 34.2 Å². The molecule has 5 rings (SSSR count). The molecule has 1 unspecified atom stereocenters. The summed E-state index contributed by atoms with van der Waals surface area (Å²) in [5.74, 6) is 0.722. The van der Waals surface area contributed by atoms with Crippen LogP contribution in [-0.2, 0) is 11.8 Å². The molecule has 2 aromatic carbocycles. The number of carbonyl (C=O) groups excluding carboxylic acids is 2. The molecule has 9 heteroatoms. The highest BCUT2D eigenvalue weighted by atomic mass is 16.5. The Labute approximate surface area is 216 Å². The molecule has 1 fully saturated rings. The molecule has 0 saturated carbocycles. The van der Waals surface area contributed by atoms with Crippen LogP contribution in [0.3, 0.4) is 0 Å². The molecule has 2 N–H and O–H groups in total. The molecule has 1 aliphatic rings. The van der Waals surface area contributed by atoms with Crippen LogP contribution in [0.1, 0.15) is 41.5 Å². The number of nitrogens with one attached hydrogen (secondary N) is 2. The van der Waals surface area contributed by atoms with Crippen molar-refractivity contribution in [2.75, 3.05) is 37.5 Å². The van der Waals surface area contributed by atoms with E-state index >= 15 is 0 Å². The Bertz CT molecular complexity index is 1420. The number of amides is 2. The van der Waals surface area contributed by atoms with E-state index in [1.807, 2.05) is 96.2 Å². The lowest BCUT2D eigenvalue weighted by Gasteiger charge is -2.35. The van der Waals surface area contributed by atoms with Crippen molar-refractivity contribution in [2.45, 2.75) is 25.3 Å². The molecule has 1 saturated heterocycles. The number of aryl methyl sites for hydroxylation is 1. The zero-order valence-electron chi connectivity index (χ0n) is 21.4. The molecule has 3 heterocycles. The smallest absolute Gasteiger partial charge is 0.271 e. The molecule has 1 atom stereocenters. The number of rotatable bonds is 7. The first-order chi connectivity index (χ1) is 17.9. The van der Waals surface area contributed by atoms with Gasteiger partial charge in [0.05, 0.1) is 11.7 Å². The van der Waals surface area contributed by atoms with Crippen LogP contribution in [0.5, 0.6) is 5.75 Å². The van der Waals surface area contributed by atoms with E-state index in [1.165, 1.54) is 0 Å². The second kappa shape index (κ2) is 10.4. The summed E-state index contributed by atoms with van der Waals surface area (Å²) in [5, 5.41) is 11.2. The second-order valence-corrected chi connectivity index (χ2v) is 9.59. The molecular formula is C28H32N6O3. The number of benzene rings is 2. The third-order valence-corrected chi connectivity index (χ3v) is 6.86. The minimum atomic E-state index is -0.305. The van der Waals surface area contributed by atoms with Crippen molar-refractivity contribution in [1.29, 1.82) is 0 Å². The highest BCUT2D eigenvalue weighted by Gasteiger charge is 2.31. The number of likely N-dealkylation sites (tertiary alicyclic amines) is 1. The summed E-state index contributed by atoms with van der Waals surface area (Å²) in [6, 6.07) is 19.2. The predicted octanol–water partition coefficient (Wildman–Crippen LogP) is 4.35. The van der Waals surface area contributed by atoms with Gasteiger partial charge in [-0.2, -0.15) is 5.10 Å². The van der Waals surface area contributed by atoms with Crippen LogP contribution in [0.15, 0.2) is 60.7 Å². The Hall–Kier alpha value is -4.27. The van der Waals surface area contributed by atoms with E-state index < -0.39 is 0 Å². The average Bonchev–Trinajstić information content (AvgIpc) is 3.51. The van der Waals surface area contributed by atoms with Crippen molar-refractivity contribution in [2.24, 2.45) is 7.05 Å². The summed E-state index contributed by atoms with van der Waals surface area (Å²) >= 11 is 0. The van der Waals surface area contributed by atoms with Gasteiger partial charge in [-0.05, 0) is 43.5 Å². The molecule has 192 valence electrons. The molecule has 0 aliphatic carbocycles. The normalized spacial score (nSPS) is 15.5. The number of anilines is 2. The molecule has 1 aliphatic heterocycles. The largest absolute Gasteiger partial charge is 0.484 e. The Kier molecular flexibility index (Phi) is 6.85. The average molecular weight is 501 g/mol. The van der Waals surface area contributed by atoms with Crippen molar-refractivity contribution in [3.63, 3.8) is 0 Å². The van der Waals surface area contributed by atoms with E-state index in [0.717, 1.165) is 41.5 Å². The monoisotopic (exact) mass is 500 g/mol. The summed E-state index contributed by atoms with van der Waals surface area (Å²) in [7, 11) is 5.82. The van der Waals surface area contributed by atoms with Crippen LogP contribution < -0.4 is 15.0 Å². The van der Waals surface area contributed by atoms with Gasteiger partial charge in [0.25, 0.3) is 11.8 Å². The fraction of sp³-hybridized carbons (Fsp3) is 0.321. The summed E-state index contributed by atoms with van der Waals surface area (Å²) < 4.78 is 7.61. The number of carbonyl (C=O) groups is 2. The van der Waals surface area contributed by atoms with Crippen molar-refractivity contribution in [1.82, 2.24) is 19.7 Å². The molecular weight excluding hydrogens is 468 g/mol. The number of fused-ring (bicyclic) bond motifs is 1. The van der Waals surface area contributed by atoms with E-state index in [1.54, 1.807) is 0 Å². The summed E-state index contributed by atoms with van der Waals surface area (Å²) in [6.45, 7) is 0.541. The number of hydrogen-bond donors (Lipinski definition) is 2. The number of piperidine rings is 1. The number of ether oxygens (including phenoxy) is 1. The lowest BCUT2D eigenvalue weighted by atomic mass is 9.99. The zero-order valence-corrected chi connectivity index (χ0v) is 21.4. The summed E-state index contributed by atoms with van der Waals surface area (Å²) in [5.41, 5.74) is 3.49. The number of nitrogens with zero attached hydrogens (tertiary/aromatic N) is 4. The number of H-pyrrole nitrogens is 1. The van der Waals surface area contributed by atoms with Crippen LogP contribution in [0, 0.1) is 0 Å². The van der Waals surface area contributed by atoms with Crippen LogP contribution in [0.2, 0.25) is 0 Å². The quantitative estimate of drug-likeness (QED) is 0.393. The highest BCUT2D eigenvalue weighted by Crippen LogP contribution is 2.33. The van der Waals surface area contributed by atoms with Crippen molar-refractivity contribution in [3.05, 3.63) is 72.1 Å². The van der Waals surface area contributed by atoms with E-state index in [9.17, 15) is 9.59 Å². The standard InChI is InChI=1S/C28H32N6O3/c1-32(2)20-10-8-11-21(16-20)37-18-27(35)29-26-17-22(30-31-26)24-13-6-7-14-34(24)28(36)25-15-19-9-4-5-12-23(19)33(25)3/h4-5,8-12,15-17,24H,6-7,13-14,18H2,1-3H3,(H2,29,30,31,35). The molecule has 0 bridgehead atoms. The van der Waals surface area contributed by atoms with E-state index in [4.69, 9.17) is 4.74 Å². The Morgan fingerprint density at radius 3 is 2.76 bits per heavy atom. The third-order valence-electron chi connectivity index (χ3n) is 6.86. The van der Waals surface area contributed by atoms with Gasteiger partial charge in [0, 0.05) is 56.4 Å². The minimum absolute atomic E-state index is 0.00283. The van der Waals surface area contributed by atoms with Gasteiger partial charge in [0.15, 0.2) is 12.4 Å². The maximum atomic E-state index is 13.6. The van der Waals surface area contributed by atoms with Gasteiger partial charge in [-0.15, -0.1) is 0 Å². The number of aromatic amines is 1. The first kappa shape index (κ1) is 24.4. The molecule has 0 radical (unpaired) electrons. The van der Waals surface area contributed by atoms with E-state index in [2.05, 4.69) is 15.5 Å². The molecule has 2 amide bonds. The van der Waals surface area contributed by atoms with Gasteiger partial charge in [-0.25, -0.2) is 0 Å². The van der Waals surface area contributed by atoms with Gasteiger partial charge in [-0.3, -0.25) is 14.7 Å². The Morgan fingerprint density at radius 1 is 1.11 bits per heavy atom. The molecule has 0 spiro atoms. The maximum absolute atomic E-state index is 13.6. The number of aromatic nitrogens is 3. The van der Waals surface area contributed by atoms with Crippen LogP contribution >= 0.6 is 0 Å². The summed E-state index contributed by atoms with van der Waals surface area (Å²) in [6.07, 6.45) is 2.80. The van der Waals surface area contributed by atoms with Gasteiger partial charge >= 0.3 is 0 Å². The highest BCUT2D eigenvalue weighted by molar-refractivity contribution is 5.99. The van der Waals surface area contributed by atoms with Gasteiger partial charge in [0.1, 0.15) is 11.4 Å². The van der Waals surface area contributed by atoms with Crippen LogP contribution in [0.25, 0.3) is 10.9 Å². The van der Waals surface area contributed by atoms with E-state index in [-0.39, 0.29) is 24.5 Å². The van der Waals surface area contributed by atoms with Crippen LogP contribution in [0.4, 0.5) is 11.5 Å². The lowest BCUT2D eigenvalue weighted by molar-refractivity contribution is -0.118. The van der Waals surface area contributed by atoms with Gasteiger partial charge in [0.2, 0.25) is 0 Å².